The van der Waals surface area contributed by atoms with Gasteiger partial charge in [0.15, 0.2) is 0 Å². The SMILES string of the molecule is CCN(C(=O)/C=C/c1cccc(N)c1)c1ccccc1C. The average molecular weight is 280 g/mol. The van der Waals surface area contributed by atoms with Crippen LogP contribution in [0.4, 0.5) is 11.4 Å². The van der Waals surface area contributed by atoms with Crippen LogP contribution in [0.25, 0.3) is 6.08 Å². The van der Waals surface area contributed by atoms with Gasteiger partial charge < -0.3 is 10.6 Å². The maximum atomic E-state index is 12.4. The van der Waals surface area contributed by atoms with Crippen LogP contribution in [0.2, 0.25) is 0 Å². The Balaban J connectivity index is 2.20. The highest BCUT2D eigenvalue weighted by Crippen LogP contribution is 2.19. The number of aryl methyl sites for hydroxylation is 1. The lowest BCUT2D eigenvalue weighted by atomic mass is 10.1. The molecule has 0 aliphatic rings. The van der Waals surface area contributed by atoms with Crippen molar-refractivity contribution in [2.24, 2.45) is 0 Å². The maximum Gasteiger partial charge on any atom is 0.250 e. The highest BCUT2D eigenvalue weighted by molar-refractivity contribution is 6.04. The van der Waals surface area contributed by atoms with E-state index in [1.165, 1.54) is 0 Å². The van der Waals surface area contributed by atoms with E-state index in [1.807, 2.05) is 62.4 Å². The number of hydrogen-bond acceptors (Lipinski definition) is 2. The topological polar surface area (TPSA) is 46.3 Å². The molecule has 0 aromatic heterocycles. The third-order valence-corrected chi connectivity index (χ3v) is 3.32. The molecule has 0 saturated heterocycles. The van der Waals surface area contributed by atoms with Crippen LogP contribution in [0.3, 0.4) is 0 Å². The van der Waals surface area contributed by atoms with Crippen molar-refractivity contribution in [1.29, 1.82) is 0 Å². The van der Waals surface area contributed by atoms with Crippen molar-refractivity contribution >= 4 is 23.4 Å². The maximum absolute atomic E-state index is 12.4. The number of nitrogens with zero attached hydrogens (tertiary/aromatic N) is 1. The van der Waals surface area contributed by atoms with Gasteiger partial charge in [-0.25, -0.2) is 0 Å². The van der Waals surface area contributed by atoms with E-state index in [-0.39, 0.29) is 5.91 Å². The van der Waals surface area contributed by atoms with E-state index in [1.54, 1.807) is 17.1 Å². The van der Waals surface area contributed by atoms with Crippen molar-refractivity contribution in [3.63, 3.8) is 0 Å². The van der Waals surface area contributed by atoms with Gasteiger partial charge in [-0.3, -0.25) is 4.79 Å². The number of likely N-dealkylation sites (N-methyl/N-ethyl adjacent to an activating group) is 1. The van der Waals surface area contributed by atoms with Gasteiger partial charge in [0, 0.05) is 24.0 Å². The minimum absolute atomic E-state index is 0.0331. The first-order valence-corrected chi connectivity index (χ1v) is 7.02. The van der Waals surface area contributed by atoms with Crippen LogP contribution in [0.1, 0.15) is 18.1 Å². The van der Waals surface area contributed by atoms with Crippen LogP contribution in [0.15, 0.2) is 54.6 Å². The normalized spacial score (nSPS) is 10.8. The van der Waals surface area contributed by atoms with Gasteiger partial charge in [0.1, 0.15) is 0 Å². The lowest BCUT2D eigenvalue weighted by Crippen LogP contribution is -2.29. The molecule has 0 unspecified atom stereocenters. The van der Waals surface area contributed by atoms with Crippen LogP contribution in [-0.4, -0.2) is 12.5 Å². The molecule has 0 radical (unpaired) electrons. The highest BCUT2D eigenvalue weighted by Gasteiger charge is 2.12. The van der Waals surface area contributed by atoms with Crippen molar-refractivity contribution in [2.75, 3.05) is 17.2 Å². The number of hydrogen-bond donors (Lipinski definition) is 1. The predicted octanol–water partition coefficient (Wildman–Crippen LogP) is 3.64. The molecule has 0 saturated carbocycles. The van der Waals surface area contributed by atoms with Crippen molar-refractivity contribution in [1.82, 2.24) is 0 Å². The summed E-state index contributed by atoms with van der Waals surface area (Å²) in [6, 6.07) is 15.3. The second kappa shape index (κ2) is 6.75. The third kappa shape index (κ3) is 3.72. The lowest BCUT2D eigenvalue weighted by Gasteiger charge is -2.21. The van der Waals surface area contributed by atoms with Crippen LogP contribution < -0.4 is 10.6 Å². The van der Waals surface area contributed by atoms with Crippen molar-refractivity contribution in [2.45, 2.75) is 13.8 Å². The van der Waals surface area contributed by atoms with Crippen LogP contribution in [0.5, 0.6) is 0 Å². The summed E-state index contributed by atoms with van der Waals surface area (Å²) in [5, 5.41) is 0. The first kappa shape index (κ1) is 14.9. The smallest absolute Gasteiger partial charge is 0.250 e. The number of carbonyl (C=O) groups excluding carboxylic acids is 1. The summed E-state index contributed by atoms with van der Waals surface area (Å²) >= 11 is 0. The average Bonchev–Trinajstić information content (AvgIpc) is 2.48. The fourth-order valence-corrected chi connectivity index (χ4v) is 2.23. The van der Waals surface area contributed by atoms with E-state index < -0.39 is 0 Å². The zero-order valence-electron chi connectivity index (χ0n) is 12.4. The summed E-state index contributed by atoms with van der Waals surface area (Å²) in [6.07, 6.45) is 3.38. The summed E-state index contributed by atoms with van der Waals surface area (Å²) < 4.78 is 0. The third-order valence-electron chi connectivity index (χ3n) is 3.32. The van der Waals surface area contributed by atoms with E-state index in [9.17, 15) is 4.79 Å². The van der Waals surface area contributed by atoms with Crippen LogP contribution in [0, 0.1) is 6.92 Å². The second-order valence-corrected chi connectivity index (χ2v) is 4.87. The molecule has 3 heteroatoms. The molecular formula is C18H20N2O. The summed E-state index contributed by atoms with van der Waals surface area (Å²) in [4.78, 5) is 14.2. The zero-order chi connectivity index (χ0) is 15.2. The largest absolute Gasteiger partial charge is 0.399 e. The molecule has 0 atom stereocenters. The molecular weight excluding hydrogens is 260 g/mol. The zero-order valence-corrected chi connectivity index (χ0v) is 12.4. The fraction of sp³-hybridized carbons (Fsp3) is 0.167. The van der Waals surface area contributed by atoms with Gasteiger partial charge in [-0.1, -0.05) is 30.3 Å². The van der Waals surface area contributed by atoms with Crippen molar-refractivity contribution in [3.05, 3.63) is 65.7 Å². The standard InChI is InChI=1S/C18H20N2O/c1-3-20(17-10-5-4-7-14(17)2)18(21)12-11-15-8-6-9-16(19)13-15/h4-13H,3,19H2,1-2H3/b12-11+. The summed E-state index contributed by atoms with van der Waals surface area (Å²) in [6.45, 7) is 4.61. The molecule has 0 spiro atoms. The molecule has 0 fully saturated rings. The molecule has 2 aromatic carbocycles. The van der Waals surface area contributed by atoms with E-state index in [0.29, 0.717) is 12.2 Å². The van der Waals surface area contributed by atoms with Gasteiger partial charge in [-0.15, -0.1) is 0 Å². The lowest BCUT2D eigenvalue weighted by molar-refractivity contribution is -0.114. The second-order valence-electron chi connectivity index (χ2n) is 4.87. The Morgan fingerprint density at radius 3 is 2.62 bits per heavy atom. The van der Waals surface area contributed by atoms with Crippen LogP contribution in [-0.2, 0) is 4.79 Å². The number of amides is 1. The summed E-state index contributed by atoms with van der Waals surface area (Å²) in [5.41, 5.74) is 9.38. The Labute approximate surface area is 125 Å². The first-order chi connectivity index (χ1) is 10.1. The Bertz CT molecular complexity index is 662. The first-order valence-electron chi connectivity index (χ1n) is 7.02. The van der Waals surface area contributed by atoms with Gasteiger partial charge in [-0.05, 0) is 49.2 Å². The molecule has 2 rings (SSSR count). The van der Waals surface area contributed by atoms with E-state index in [2.05, 4.69) is 0 Å². The quantitative estimate of drug-likeness (QED) is 0.686. The van der Waals surface area contributed by atoms with Gasteiger partial charge in [-0.2, -0.15) is 0 Å². The molecule has 1 amide bonds. The van der Waals surface area contributed by atoms with E-state index >= 15 is 0 Å². The van der Waals surface area contributed by atoms with Gasteiger partial charge in [0.05, 0.1) is 0 Å². The number of rotatable bonds is 4. The minimum atomic E-state index is -0.0331. The Morgan fingerprint density at radius 1 is 1.19 bits per heavy atom. The van der Waals surface area contributed by atoms with Gasteiger partial charge in [0.2, 0.25) is 0 Å². The molecule has 2 N–H and O–H groups in total. The fourth-order valence-electron chi connectivity index (χ4n) is 2.23. The monoisotopic (exact) mass is 280 g/mol. The minimum Gasteiger partial charge on any atom is -0.399 e. The van der Waals surface area contributed by atoms with Gasteiger partial charge >= 0.3 is 0 Å². The number of anilines is 2. The molecule has 2 aromatic rings. The molecule has 0 aliphatic carbocycles. The predicted molar refractivity (Wildman–Crippen MR) is 89.1 cm³/mol. The molecule has 0 heterocycles. The summed E-state index contributed by atoms with van der Waals surface area (Å²) in [5.74, 6) is -0.0331. The molecule has 3 nitrogen and oxygen atoms in total. The Kier molecular flexibility index (Phi) is 4.77. The molecule has 108 valence electrons. The number of para-hydroxylation sites is 1. The van der Waals surface area contributed by atoms with Gasteiger partial charge in [0.25, 0.3) is 5.91 Å². The molecule has 21 heavy (non-hydrogen) atoms. The summed E-state index contributed by atoms with van der Waals surface area (Å²) in [7, 11) is 0. The number of benzene rings is 2. The number of nitrogen functional groups attached to an aromatic ring is 1. The van der Waals surface area contributed by atoms with E-state index in [4.69, 9.17) is 5.73 Å². The van der Waals surface area contributed by atoms with E-state index in [0.717, 1.165) is 16.8 Å². The van der Waals surface area contributed by atoms with Crippen molar-refractivity contribution < 1.29 is 4.79 Å². The Hall–Kier alpha value is -2.55. The number of nitrogens with two attached hydrogens (primary N) is 1. The van der Waals surface area contributed by atoms with Crippen molar-refractivity contribution in [3.8, 4) is 0 Å². The number of carbonyl (C=O) groups is 1. The molecule has 0 aliphatic heterocycles. The molecule has 0 bridgehead atoms. The Morgan fingerprint density at radius 2 is 1.95 bits per heavy atom. The highest BCUT2D eigenvalue weighted by atomic mass is 16.2. The van der Waals surface area contributed by atoms with Crippen LogP contribution >= 0.6 is 0 Å².